The highest BCUT2D eigenvalue weighted by molar-refractivity contribution is 6.05. The van der Waals surface area contributed by atoms with E-state index in [1.165, 1.54) is 11.0 Å². The van der Waals surface area contributed by atoms with Crippen molar-refractivity contribution < 1.29 is 23.9 Å². The van der Waals surface area contributed by atoms with Crippen LogP contribution in [-0.2, 0) is 14.3 Å². The molecule has 1 N–H and O–H groups in total. The summed E-state index contributed by atoms with van der Waals surface area (Å²) in [6, 6.07) is 13.5. The lowest BCUT2D eigenvalue weighted by molar-refractivity contribution is -0.123. The highest BCUT2D eigenvalue weighted by Gasteiger charge is 2.27. The summed E-state index contributed by atoms with van der Waals surface area (Å²) in [5.41, 5.74) is 1.35. The molecule has 2 aromatic carbocycles. The molecular formula is C19H18N2O5. The lowest BCUT2D eigenvalue weighted by atomic mass is 10.2. The van der Waals surface area contributed by atoms with Gasteiger partial charge in [0, 0.05) is 5.69 Å². The van der Waals surface area contributed by atoms with Gasteiger partial charge in [-0.15, -0.1) is 0 Å². The number of benzene rings is 2. The Hall–Kier alpha value is -3.35. The Morgan fingerprint density at radius 2 is 2.00 bits per heavy atom. The van der Waals surface area contributed by atoms with Crippen molar-refractivity contribution in [2.75, 3.05) is 30.0 Å². The predicted octanol–water partition coefficient (Wildman–Crippen LogP) is 2.23. The molecule has 1 heterocycles. The van der Waals surface area contributed by atoms with E-state index in [1.807, 2.05) is 0 Å². The summed E-state index contributed by atoms with van der Waals surface area (Å²) in [5, 5.41) is 2.70. The van der Waals surface area contributed by atoms with Gasteiger partial charge < -0.3 is 14.8 Å². The lowest BCUT2D eigenvalue weighted by Gasteiger charge is -2.28. The summed E-state index contributed by atoms with van der Waals surface area (Å²) in [5.74, 6) is -0.569. The Labute approximate surface area is 150 Å². The molecule has 0 aliphatic carbocycles. The Morgan fingerprint density at radius 1 is 1.19 bits per heavy atom. The van der Waals surface area contributed by atoms with Crippen LogP contribution >= 0.6 is 0 Å². The third-order valence-corrected chi connectivity index (χ3v) is 3.77. The van der Waals surface area contributed by atoms with E-state index in [2.05, 4.69) is 5.32 Å². The molecule has 26 heavy (non-hydrogen) atoms. The lowest BCUT2D eigenvalue weighted by Crippen LogP contribution is -2.43. The van der Waals surface area contributed by atoms with Crippen molar-refractivity contribution >= 4 is 29.2 Å². The summed E-state index contributed by atoms with van der Waals surface area (Å²) < 4.78 is 10.3. The number of rotatable bonds is 5. The van der Waals surface area contributed by atoms with Crippen molar-refractivity contribution in [2.24, 2.45) is 0 Å². The van der Waals surface area contributed by atoms with Crippen molar-refractivity contribution in [3.63, 3.8) is 0 Å². The fourth-order valence-corrected chi connectivity index (χ4v) is 2.61. The van der Waals surface area contributed by atoms with Crippen molar-refractivity contribution in [1.29, 1.82) is 0 Å². The van der Waals surface area contributed by atoms with Gasteiger partial charge in [0.1, 0.15) is 12.3 Å². The van der Waals surface area contributed by atoms with Gasteiger partial charge in [-0.25, -0.2) is 4.79 Å². The molecular weight excluding hydrogens is 336 g/mol. The van der Waals surface area contributed by atoms with Crippen LogP contribution in [0, 0.1) is 0 Å². The molecule has 2 amide bonds. The molecule has 0 radical (unpaired) electrons. The molecule has 0 bridgehead atoms. The van der Waals surface area contributed by atoms with Crippen LogP contribution in [0.5, 0.6) is 5.75 Å². The van der Waals surface area contributed by atoms with Crippen LogP contribution in [0.25, 0.3) is 0 Å². The summed E-state index contributed by atoms with van der Waals surface area (Å²) in [7, 11) is 0. The molecule has 0 fully saturated rings. The minimum Gasteiger partial charge on any atom is -0.482 e. The Kier molecular flexibility index (Phi) is 5.17. The molecule has 0 aromatic heterocycles. The zero-order valence-corrected chi connectivity index (χ0v) is 14.2. The molecule has 7 heteroatoms. The van der Waals surface area contributed by atoms with E-state index in [0.717, 1.165) is 0 Å². The van der Waals surface area contributed by atoms with E-state index in [9.17, 15) is 14.4 Å². The van der Waals surface area contributed by atoms with Gasteiger partial charge in [-0.2, -0.15) is 0 Å². The van der Waals surface area contributed by atoms with Crippen LogP contribution in [0.2, 0.25) is 0 Å². The van der Waals surface area contributed by atoms with Gasteiger partial charge in [-0.05, 0) is 37.3 Å². The number of ether oxygens (including phenoxy) is 2. The second-order valence-electron chi connectivity index (χ2n) is 5.59. The molecule has 7 nitrogen and oxygen atoms in total. The average molecular weight is 354 g/mol. The SMILES string of the molecule is CCOC(=O)c1cccc(NC(=O)CN2C(=O)COc3ccccc32)c1. The number of fused-ring (bicyclic) bond motifs is 1. The molecule has 0 saturated heterocycles. The third-order valence-electron chi connectivity index (χ3n) is 3.77. The summed E-state index contributed by atoms with van der Waals surface area (Å²) in [6.07, 6.45) is 0. The van der Waals surface area contributed by atoms with Crippen molar-refractivity contribution in [3.05, 3.63) is 54.1 Å². The molecule has 1 aliphatic heterocycles. The number of hydrogen-bond acceptors (Lipinski definition) is 5. The van der Waals surface area contributed by atoms with E-state index in [4.69, 9.17) is 9.47 Å². The molecule has 2 aromatic rings. The molecule has 1 aliphatic rings. The second kappa shape index (κ2) is 7.69. The van der Waals surface area contributed by atoms with E-state index in [0.29, 0.717) is 22.7 Å². The normalized spacial score (nSPS) is 12.8. The smallest absolute Gasteiger partial charge is 0.338 e. The number of hydrogen-bond donors (Lipinski definition) is 1. The molecule has 0 atom stereocenters. The number of nitrogens with one attached hydrogen (secondary N) is 1. The number of anilines is 2. The van der Waals surface area contributed by atoms with E-state index in [-0.39, 0.29) is 31.6 Å². The number of amides is 2. The quantitative estimate of drug-likeness (QED) is 0.833. The first-order valence-electron chi connectivity index (χ1n) is 8.17. The van der Waals surface area contributed by atoms with E-state index in [1.54, 1.807) is 49.4 Å². The Morgan fingerprint density at radius 3 is 2.81 bits per heavy atom. The Balaban J connectivity index is 1.71. The van der Waals surface area contributed by atoms with Gasteiger partial charge >= 0.3 is 5.97 Å². The van der Waals surface area contributed by atoms with Crippen molar-refractivity contribution in [1.82, 2.24) is 0 Å². The van der Waals surface area contributed by atoms with E-state index < -0.39 is 5.97 Å². The minimum absolute atomic E-state index is 0.108. The Bertz CT molecular complexity index is 849. The van der Waals surface area contributed by atoms with Crippen LogP contribution in [0.3, 0.4) is 0 Å². The van der Waals surface area contributed by atoms with Crippen LogP contribution < -0.4 is 15.0 Å². The van der Waals surface area contributed by atoms with Gasteiger partial charge in [-0.1, -0.05) is 18.2 Å². The van der Waals surface area contributed by atoms with Gasteiger partial charge in [-0.3, -0.25) is 14.5 Å². The van der Waals surface area contributed by atoms with Gasteiger partial charge in [0.15, 0.2) is 6.61 Å². The average Bonchev–Trinajstić information content (AvgIpc) is 2.64. The number of carbonyl (C=O) groups excluding carboxylic acids is 3. The maximum atomic E-state index is 12.4. The largest absolute Gasteiger partial charge is 0.482 e. The molecule has 0 spiro atoms. The van der Waals surface area contributed by atoms with Crippen molar-refractivity contribution in [2.45, 2.75) is 6.92 Å². The molecule has 0 saturated carbocycles. The predicted molar refractivity (Wildman–Crippen MR) is 95.3 cm³/mol. The molecule has 0 unspecified atom stereocenters. The topological polar surface area (TPSA) is 84.9 Å². The fourth-order valence-electron chi connectivity index (χ4n) is 2.61. The monoisotopic (exact) mass is 354 g/mol. The maximum Gasteiger partial charge on any atom is 0.338 e. The van der Waals surface area contributed by atoms with E-state index >= 15 is 0 Å². The van der Waals surface area contributed by atoms with Crippen LogP contribution in [0.4, 0.5) is 11.4 Å². The summed E-state index contributed by atoms with van der Waals surface area (Å²) >= 11 is 0. The zero-order valence-electron chi connectivity index (χ0n) is 14.2. The second-order valence-corrected chi connectivity index (χ2v) is 5.59. The zero-order chi connectivity index (χ0) is 18.5. The maximum absolute atomic E-state index is 12.4. The first kappa shape index (κ1) is 17.5. The summed E-state index contributed by atoms with van der Waals surface area (Å²) in [6.45, 7) is 1.74. The van der Waals surface area contributed by atoms with Gasteiger partial charge in [0.25, 0.3) is 5.91 Å². The van der Waals surface area contributed by atoms with Gasteiger partial charge in [0.05, 0.1) is 17.9 Å². The number of para-hydroxylation sites is 2. The van der Waals surface area contributed by atoms with Gasteiger partial charge in [0.2, 0.25) is 5.91 Å². The van der Waals surface area contributed by atoms with Crippen LogP contribution in [0.15, 0.2) is 48.5 Å². The van der Waals surface area contributed by atoms with Crippen LogP contribution in [0.1, 0.15) is 17.3 Å². The minimum atomic E-state index is -0.458. The fraction of sp³-hybridized carbons (Fsp3) is 0.211. The third kappa shape index (κ3) is 3.83. The number of carbonyl (C=O) groups is 3. The first-order valence-corrected chi connectivity index (χ1v) is 8.17. The molecule has 134 valence electrons. The van der Waals surface area contributed by atoms with Crippen molar-refractivity contribution in [3.8, 4) is 5.75 Å². The highest BCUT2D eigenvalue weighted by atomic mass is 16.5. The number of nitrogens with zero attached hydrogens (tertiary/aromatic N) is 1. The molecule has 3 rings (SSSR count). The van der Waals surface area contributed by atoms with Crippen LogP contribution in [-0.4, -0.2) is 37.5 Å². The standard InChI is InChI=1S/C19H18N2O5/c1-2-25-19(24)13-6-5-7-14(10-13)20-17(22)11-21-15-8-3-4-9-16(15)26-12-18(21)23/h3-10H,2,11-12H2,1H3,(H,20,22). The highest BCUT2D eigenvalue weighted by Crippen LogP contribution is 2.31. The summed E-state index contributed by atoms with van der Waals surface area (Å²) in [4.78, 5) is 37.7. The first-order chi connectivity index (χ1) is 12.6. The number of esters is 1.